The fourth-order valence-electron chi connectivity index (χ4n) is 4.37. The lowest BCUT2D eigenvalue weighted by Gasteiger charge is -2.39. The number of nitrogens with zero attached hydrogens (tertiary/aromatic N) is 2. The van der Waals surface area contributed by atoms with E-state index in [2.05, 4.69) is 35.0 Å². The standard InChI is InChI=1S/C20H27N3O2/c1-14-5-6-16-15(13-21-17(16)11-14)12-20(25)23-9-7-22(8-10-23)18-3-2-4-19(18)24/h5-6,11,13,18-19,21,24H,2-4,7-10,12H2,1H3. The van der Waals surface area contributed by atoms with E-state index in [1.165, 1.54) is 5.56 Å². The molecule has 2 N–H and O–H groups in total. The van der Waals surface area contributed by atoms with Gasteiger partial charge in [0.1, 0.15) is 0 Å². The van der Waals surface area contributed by atoms with Gasteiger partial charge in [0.15, 0.2) is 0 Å². The Morgan fingerprint density at radius 3 is 2.76 bits per heavy atom. The van der Waals surface area contributed by atoms with E-state index >= 15 is 0 Å². The molecule has 1 aliphatic heterocycles. The number of aromatic amines is 1. The highest BCUT2D eigenvalue weighted by molar-refractivity contribution is 5.89. The van der Waals surface area contributed by atoms with Crippen molar-refractivity contribution in [2.75, 3.05) is 26.2 Å². The van der Waals surface area contributed by atoms with E-state index < -0.39 is 0 Å². The van der Waals surface area contributed by atoms with E-state index in [4.69, 9.17) is 0 Å². The zero-order valence-electron chi connectivity index (χ0n) is 14.9. The van der Waals surface area contributed by atoms with Gasteiger partial charge in [-0.25, -0.2) is 0 Å². The molecule has 1 saturated carbocycles. The summed E-state index contributed by atoms with van der Waals surface area (Å²) < 4.78 is 0. The van der Waals surface area contributed by atoms with Crippen LogP contribution in [0.4, 0.5) is 0 Å². The molecule has 0 bridgehead atoms. The van der Waals surface area contributed by atoms with Gasteiger partial charge in [0.25, 0.3) is 0 Å². The average molecular weight is 341 g/mol. The normalized spacial score (nSPS) is 25.0. The number of aliphatic hydroxyl groups is 1. The zero-order valence-corrected chi connectivity index (χ0v) is 14.9. The van der Waals surface area contributed by atoms with Crippen molar-refractivity contribution in [1.29, 1.82) is 0 Å². The Kier molecular flexibility index (Phi) is 4.52. The molecule has 25 heavy (non-hydrogen) atoms. The van der Waals surface area contributed by atoms with Crippen molar-refractivity contribution >= 4 is 16.8 Å². The molecular formula is C20H27N3O2. The lowest BCUT2D eigenvalue weighted by molar-refractivity contribution is -0.132. The van der Waals surface area contributed by atoms with Crippen molar-refractivity contribution in [2.45, 2.75) is 44.8 Å². The van der Waals surface area contributed by atoms with E-state index in [1.807, 2.05) is 11.1 Å². The number of carbonyl (C=O) groups excluding carboxylic acids is 1. The minimum absolute atomic E-state index is 0.183. The van der Waals surface area contributed by atoms with Gasteiger partial charge in [0, 0.05) is 49.3 Å². The monoisotopic (exact) mass is 341 g/mol. The van der Waals surface area contributed by atoms with Crippen LogP contribution in [0, 0.1) is 6.92 Å². The van der Waals surface area contributed by atoms with Crippen molar-refractivity contribution in [1.82, 2.24) is 14.8 Å². The van der Waals surface area contributed by atoms with Crippen LogP contribution in [0.15, 0.2) is 24.4 Å². The van der Waals surface area contributed by atoms with Gasteiger partial charge in [0.2, 0.25) is 5.91 Å². The van der Waals surface area contributed by atoms with Gasteiger partial charge >= 0.3 is 0 Å². The van der Waals surface area contributed by atoms with Crippen molar-refractivity contribution in [3.05, 3.63) is 35.5 Å². The molecule has 2 aromatic rings. The molecule has 2 aliphatic rings. The fourth-order valence-corrected chi connectivity index (χ4v) is 4.37. The van der Waals surface area contributed by atoms with Crippen LogP contribution < -0.4 is 0 Å². The van der Waals surface area contributed by atoms with Crippen LogP contribution in [0.5, 0.6) is 0 Å². The minimum Gasteiger partial charge on any atom is -0.391 e. The number of aliphatic hydroxyl groups excluding tert-OH is 1. The predicted molar refractivity (Wildman–Crippen MR) is 98.5 cm³/mol. The summed E-state index contributed by atoms with van der Waals surface area (Å²) >= 11 is 0. The third-order valence-corrected chi connectivity index (χ3v) is 5.84. The second-order valence-electron chi connectivity index (χ2n) is 7.52. The number of nitrogens with one attached hydrogen (secondary N) is 1. The number of fused-ring (bicyclic) bond motifs is 1. The minimum atomic E-state index is -0.183. The number of aryl methyl sites for hydroxylation is 1. The van der Waals surface area contributed by atoms with Crippen LogP contribution in [0.1, 0.15) is 30.4 Å². The third-order valence-electron chi connectivity index (χ3n) is 5.84. The lowest BCUT2D eigenvalue weighted by Crippen LogP contribution is -2.53. The smallest absolute Gasteiger partial charge is 0.227 e. The number of hydrogen-bond donors (Lipinski definition) is 2. The maximum Gasteiger partial charge on any atom is 0.227 e. The van der Waals surface area contributed by atoms with Crippen molar-refractivity contribution in [3.63, 3.8) is 0 Å². The highest BCUT2D eigenvalue weighted by Gasteiger charge is 2.33. The molecule has 1 amide bonds. The number of carbonyl (C=O) groups is 1. The summed E-state index contributed by atoms with van der Waals surface area (Å²) in [5.41, 5.74) is 3.40. The van der Waals surface area contributed by atoms with Gasteiger partial charge in [-0.05, 0) is 43.4 Å². The largest absolute Gasteiger partial charge is 0.391 e. The quantitative estimate of drug-likeness (QED) is 0.899. The Hall–Kier alpha value is -1.85. The summed E-state index contributed by atoms with van der Waals surface area (Å²) in [4.78, 5) is 20.3. The maximum atomic E-state index is 12.7. The van der Waals surface area contributed by atoms with Gasteiger partial charge in [-0.15, -0.1) is 0 Å². The van der Waals surface area contributed by atoms with Gasteiger partial charge in [-0.2, -0.15) is 0 Å². The molecule has 5 heteroatoms. The Morgan fingerprint density at radius 2 is 2.04 bits per heavy atom. The summed E-state index contributed by atoms with van der Waals surface area (Å²) in [5, 5.41) is 11.2. The maximum absolute atomic E-state index is 12.7. The number of hydrogen-bond acceptors (Lipinski definition) is 3. The molecule has 5 nitrogen and oxygen atoms in total. The molecule has 2 atom stereocenters. The topological polar surface area (TPSA) is 59.6 Å². The molecule has 2 unspecified atom stereocenters. The number of rotatable bonds is 3. The van der Waals surface area contributed by atoms with Crippen molar-refractivity contribution < 1.29 is 9.90 Å². The molecule has 134 valence electrons. The summed E-state index contributed by atoms with van der Waals surface area (Å²) in [6.45, 7) is 5.36. The third kappa shape index (κ3) is 3.31. The molecule has 1 saturated heterocycles. The first-order valence-electron chi connectivity index (χ1n) is 9.38. The molecule has 1 aliphatic carbocycles. The summed E-state index contributed by atoms with van der Waals surface area (Å²) in [5.74, 6) is 0.202. The Bertz CT molecular complexity index is 761. The molecule has 2 heterocycles. The van der Waals surface area contributed by atoms with E-state index in [1.54, 1.807) is 0 Å². The van der Waals surface area contributed by atoms with Crippen molar-refractivity contribution in [3.8, 4) is 0 Å². The zero-order chi connectivity index (χ0) is 17.4. The van der Waals surface area contributed by atoms with E-state index in [-0.39, 0.29) is 12.0 Å². The highest BCUT2D eigenvalue weighted by atomic mass is 16.3. The average Bonchev–Trinajstić information content (AvgIpc) is 3.21. The molecule has 2 fully saturated rings. The van der Waals surface area contributed by atoms with Crippen LogP contribution >= 0.6 is 0 Å². The number of amides is 1. The number of aromatic nitrogens is 1. The summed E-state index contributed by atoms with van der Waals surface area (Å²) in [7, 11) is 0. The lowest BCUT2D eigenvalue weighted by atomic mass is 10.1. The van der Waals surface area contributed by atoms with Crippen LogP contribution in [0.25, 0.3) is 10.9 Å². The number of piperazine rings is 1. The SMILES string of the molecule is Cc1ccc2c(CC(=O)N3CCN(C4CCCC4O)CC3)c[nH]c2c1. The second kappa shape index (κ2) is 6.81. The molecule has 1 aromatic carbocycles. The summed E-state index contributed by atoms with van der Waals surface area (Å²) in [6.07, 6.45) is 5.36. The molecule has 0 spiro atoms. The van der Waals surface area contributed by atoms with E-state index in [9.17, 15) is 9.90 Å². The summed E-state index contributed by atoms with van der Waals surface area (Å²) in [6, 6.07) is 6.61. The van der Waals surface area contributed by atoms with E-state index in [0.29, 0.717) is 12.5 Å². The molecule has 4 rings (SSSR count). The van der Waals surface area contributed by atoms with Gasteiger partial charge < -0.3 is 15.0 Å². The highest BCUT2D eigenvalue weighted by Crippen LogP contribution is 2.25. The molecular weight excluding hydrogens is 314 g/mol. The van der Waals surface area contributed by atoms with Crippen LogP contribution in [0.3, 0.4) is 0 Å². The second-order valence-corrected chi connectivity index (χ2v) is 7.52. The molecule has 0 radical (unpaired) electrons. The number of H-pyrrole nitrogens is 1. The predicted octanol–water partition coefficient (Wildman–Crippen LogP) is 2.08. The molecule has 1 aromatic heterocycles. The first-order valence-corrected chi connectivity index (χ1v) is 9.38. The number of benzene rings is 1. The van der Waals surface area contributed by atoms with Crippen LogP contribution in [0.2, 0.25) is 0 Å². The fraction of sp³-hybridized carbons (Fsp3) is 0.550. The first kappa shape index (κ1) is 16.6. The van der Waals surface area contributed by atoms with Crippen molar-refractivity contribution in [2.24, 2.45) is 0 Å². The Labute approximate surface area is 148 Å². The van der Waals surface area contributed by atoms with Crippen LogP contribution in [-0.2, 0) is 11.2 Å². The van der Waals surface area contributed by atoms with Gasteiger partial charge in [0.05, 0.1) is 12.5 Å². The van der Waals surface area contributed by atoms with Gasteiger partial charge in [-0.1, -0.05) is 12.1 Å². The Morgan fingerprint density at radius 1 is 1.24 bits per heavy atom. The van der Waals surface area contributed by atoms with Crippen LogP contribution in [-0.4, -0.2) is 64.1 Å². The Balaban J connectivity index is 1.37. The van der Waals surface area contributed by atoms with E-state index in [0.717, 1.165) is 61.9 Å². The van der Waals surface area contributed by atoms with Gasteiger partial charge in [-0.3, -0.25) is 9.69 Å². The first-order chi connectivity index (χ1) is 12.1.